The number of rotatable bonds is 2. The highest BCUT2D eigenvalue weighted by Crippen LogP contribution is 2.52. The van der Waals surface area contributed by atoms with Gasteiger partial charge in [-0.3, -0.25) is 4.79 Å². The third kappa shape index (κ3) is 1.04. The molecule has 12 heavy (non-hydrogen) atoms. The molecular weight excluding hydrogens is 152 g/mol. The first-order valence-corrected chi connectivity index (χ1v) is 4.51. The number of likely N-dealkylation sites (tertiary alicyclic amines) is 1. The summed E-state index contributed by atoms with van der Waals surface area (Å²) in [5.41, 5.74) is 0. The summed E-state index contributed by atoms with van der Waals surface area (Å²) in [4.78, 5) is 15.5. The predicted octanol–water partition coefficient (Wildman–Crippen LogP) is -0.118. The Balaban J connectivity index is 1.92. The minimum Gasteiger partial charge on any atom is -0.345 e. The average Bonchev–Trinajstić information content (AvgIpc) is 2.50. The molecule has 1 aliphatic heterocycles. The fraction of sp³-hybridized carbons (Fsp3) is 0.889. The summed E-state index contributed by atoms with van der Waals surface area (Å²) in [7, 11) is 6.05. The molecule has 1 aliphatic carbocycles. The molecule has 3 heteroatoms. The Morgan fingerprint density at radius 3 is 2.67 bits per heavy atom. The maximum absolute atomic E-state index is 11.4. The van der Waals surface area contributed by atoms with Crippen molar-refractivity contribution in [1.82, 2.24) is 9.80 Å². The van der Waals surface area contributed by atoms with Crippen LogP contribution in [0.25, 0.3) is 0 Å². The Morgan fingerprint density at radius 1 is 1.58 bits per heavy atom. The highest BCUT2D eigenvalue weighted by Gasteiger charge is 2.60. The lowest BCUT2D eigenvalue weighted by Gasteiger charge is -2.15. The van der Waals surface area contributed by atoms with Crippen molar-refractivity contribution in [3.63, 3.8) is 0 Å². The average molecular weight is 168 g/mol. The second-order valence-corrected chi connectivity index (χ2v) is 4.33. The molecule has 2 rings (SSSR count). The van der Waals surface area contributed by atoms with Crippen molar-refractivity contribution >= 4 is 5.91 Å². The zero-order chi connectivity index (χ0) is 8.88. The molecule has 1 heterocycles. The van der Waals surface area contributed by atoms with Gasteiger partial charge in [0, 0.05) is 26.1 Å². The second-order valence-electron chi connectivity index (χ2n) is 4.33. The fourth-order valence-corrected chi connectivity index (χ4v) is 2.39. The molecule has 0 aromatic heterocycles. The Labute approximate surface area is 73.3 Å². The van der Waals surface area contributed by atoms with Crippen LogP contribution >= 0.6 is 0 Å². The topological polar surface area (TPSA) is 23.6 Å². The van der Waals surface area contributed by atoms with Gasteiger partial charge < -0.3 is 9.80 Å². The van der Waals surface area contributed by atoms with Crippen LogP contribution in [-0.2, 0) is 4.79 Å². The molecule has 2 fully saturated rings. The summed E-state index contributed by atoms with van der Waals surface area (Å²) in [5.74, 6) is 2.07. The van der Waals surface area contributed by atoms with E-state index in [1.54, 1.807) is 0 Å². The third-order valence-corrected chi connectivity index (χ3v) is 3.05. The molecule has 3 nitrogen and oxygen atoms in total. The van der Waals surface area contributed by atoms with E-state index in [0.29, 0.717) is 23.7 Å². The molecule has 0 aromatic carbocycles. The van der Waals surface area contributed by atoms with Crippen LogP contribution in [0.1, 0.15) is 0 Å². The largest absolute Gasteiger partial charge is 0.345 e. The van der Waals surface area contributed by atoms with Gasteiger partial charge in [-0.1, -0.05) is 0 Å². The molecule has 3 atom stereocenters. The van der Waals surface area contributed by atoms with Gasteiger partial charge in [0.15, 0.2) is 0 Å². The van der Waals surface area contributed by atoms with Gasteiger partial charge in [-0.15, -0.1) is 0 Å². The molecule has 1 saturated carbocycles. The van der Waals surface area contributed by atoms with E-state index in [4.69, 9.17) is 0 Å². The summed E-state index contributed by atoms with van der Waals surface area (Å²) in [6.07, 6.45) is 0. The van der Waals surface area contributed by atoms with Crippen molar-refractivity contribution in [2.24, 2.45) is 17.8 Å². The Hall–Kier alpha value is -0.570. The van der Waals surface area contributed by atoms with Crippen LogP contribution in [0.3, 0.4) is 0 Å². The van der Waals surface area contributed by atoms with E-state index < -0.39 is 0 Å². The minimum atomic E-state index is 0.367. The van der Waals surface area contributed by atoms with E-state index in [1.165, 1.54) is 0 Å². The Morgan fingerprint density at radius 2 is 2.25 bits per heavy atom. The molecule has 3 unspecified atom stereocenters. The quantitative estimate of drug-likeness (QED) is 0.574. The summed E-state index contributed by atoms with van der Waals surface area (Å²) < 4.78 is 0. The van der Waals surface area contributed by atoms with Crippen LogP contribution in [-0.4, -0.2) is 49.9 Å². The van der Waals surface area contributed by atoms with Crippen molar-refractivity contribution in [1.29, 1.82) is 0 Å². The van der Waals surface area contributed by atoms with E-state index in [-0.39, 0.29) is 0 Å². The second kappa shape index (κ2) is 2.46. The predicted molar refractivity (Wildman–Crippen MR) is 46.7 cm³/mol. The number of carbonyl (C=O) groups is 1. The number of hydrogen-bond donors (Lipinski definition) is 0. The smallest absolute Gasteiger partial charge is 0.226 e. The molecule has 2 aliphatic rings. The van der Waals surface area contributed by atoms with Crippen LogP contribution in [0.15, 0.2) is 0 Å². The van der Waals surface area contributed by atoms with Crippen LogP contribution in [0.5, 0.6) is 0 Å². The first kappa shape index (κ1) is 8.05. The molecule has 0 N–H and O–H groups in total. The van der Waals surface area contributed by atoms with Crippen LogP contribution in [0, 0.1) is 17.8 Å². The van der Waals surface area contributed by atoms with Gasteiger partial charge in [-0.25, -0.2) is 0 Å². The van der Waals surface area contributed by atoms with Crippen molar-refractivity contribution in [2.45, 2.75) is 0 Å². The standard InChI is InChI=1S/C9H16N2O/c1-10(2)4-6-7-5-11(3)9(12)8(6)7/h6-8H,4-5H2,1-3H3. The fourth-order valence-electron chi connectivity index (χ4n) is 2.39. The van der Waals surface area contributed by atoms with Crippen LogP contribution in [0.2, 0.25) is 0 Å². The lowest BCUT2D eigenvalue weighted by molar-refractivity contribution is -0.129. The first-order valence-electron chi connectivity index (χ1n) is 4.51. The molecule has 0 spiro atoms. The van der Waals surface area contributed by atoms with Gasteiger partial charge >= 0.3 is 0 Å². The van der Waals surface area contributed by atoms with Crippen molar-refractivity contribution in [3.05, 3.63) is 0 Å². The third-order valence-electron chi connectivity index (χ3n) is 3.05. The van der Waals surface area contributed by atoms with E-state index >= 15 is 0 Å². The SMILES string of the molecule is CN(C)CC1C2CN(C)C(=O)C12. The molecule has 0 aromatic rings. The zero-order valence-corrected chi connectivity index (χ0v) is 7.95. The zero-order valence-electron chi connectivity index (χ0n) is 7.95. The molecule has 1 amide bonds. The first-order chi connectivity index (χ1) is 5.61. The molecular formula is C9H16N2O. The van der Waals surface area contributed by atoms with Crippen molar-refractivity contribution < 1.29 is 4.79 Å². The summed E-state index contributed by atoms with van der Waals surface area (Å²) in [6, 6.07) is 0. The van der Waals surface area contributed by atoms with Crippen molar-refractivity contribution in [3.8, 4) is 0 Å². The lowest BCUT2D eigenvalue weighted by atomic mass is 10.2. The number of nitrogens with zero attached hydrogens (tertiary/aromatic N) is 2. The maximum atomic E-state index is 11.4. The number of amides is 1. The van der Waals surface area contributed by atoms with Gasteiger partial charge in [0.1, 0.15) is 0 Å². The Kier molecular flexibility index (Phi) is 1.65. The van der Waals surface area contributed by atoms with Gasteiger partial charge in [-0.2, -0.15) is 0 Å². The van der Waals surface area contributed by atoms with Gasteiger partial charge in [0.25, 0.3) is 0 Å². The van der Waals surface area contributed by atoms with Gasteiger partial charge in [0.2, 0.25) is 5.91 Å². The monoisotopic (exact) mass is 168 g/mol. The highest BCUT2D eigenvalue weighted by atomic mass is 16.2. The van der Waals surface area contributed by atoms with E-state index in [9.17, 15) is 4.79 Å². The number of piperidine rings is 1. The number of carbonyl (C=O) groups excluding carboxylic acids is 1. The van der Waals surface area contributed by atoms with Gasteiger partial charge in [0.05, 0.1) is 0 Å². The van der Waals surface area contributed by atoms with Crippen molar-refractivity contribution in [2.75, 3.05) is 34.2 Å². The minimum absolute atomic E-state index is 0.367. The maximum Gasteiger partial charge on any atom is 0.226 e. The number of hydrogen-bond acceptors (Lipinski definition) is 2. The number of fused-ring (bicyclic) bond motifs is 1. The van der Waals surface area contributed by atoms with Crippen LogP contribution < -0.4 is 0 Å². The normalized spacial score (nSPS) is 39.2. The molecule has 68 valence electrons. The summed E-state index contributed by atoms with van der Waals surface area (Å²) in [5, 5.41) is 0. The van der Waals surface area contributed by atoms with Crippen LogP contribution in [0.4, 0.5) is 0 Å². The Bertz CT molecular complexity index is 215. The molecule has 0 radical (unpaired) electrons. The van der Waals surface area contributed by atoms with E-state index in [2.05, 4.69) is 19.0 Å². The van der Waals surface area contributed by atoms with Gasteiger partial charge in [-0.05, 0) is 25.9 Å². The molecule has 0 bridgehead atoms. The molecule has 1 saturated heterocycles. The highest BCUT2D eigenvalue weighted by molar-refractivity contribution is 5.85. The van der Waals surface area contributed by atoms with E-state index in [1.807, 2.05) is 11.9 Å². The van der Waals surface area contributed by atoms with E-state index in [0.717, 1.165) is 13.1 Å². The summed E-state index contributed by atoms with van der Waals surface area (Å²) in [6.45, 7) is 2.07. The lowest BCUT2D eigenvalue weighted by Crippen LogP contribution is -2.28. The summed E-state index contributed by atoms with van der Waals surface area (Å²) >= 11 is 0.